The number of aryl methyl sites for hydroxylation is 2. The molecule has 0 aliphatic heterocycles. The molecule has 0 saturated heterocycles. The van der Waals surface area contributed by atoms with Crippen LogP contribution in [0.15, 0.2) is 18.2 Å². The molecule has 0 aliphatic rings. The van der Waals surface area contributed by atoms with Gasteiger partial charge < -0.3 is 29.7 Å². The van der Waals surface area contributed by atoms with Gasteiger partial charge in [-0.25, -0.2) is 9.59 Å². The van der Waals surface area contributed by atoms with E-state index in [0.717, 1.165) is 12.3 Å². The topological polar surface area (TPSA) is 117 Å². The summed E-state index contributed by atoms with van der Waals surface area (Å²) in [5, 5.41) is 23.5. The maximum absolute atomic E-state index is 9.10. The largest absolute Gasteiger partial charge is 0.491 e. The molecule has 0 fully saturated rings. The summed E-state index contributed by atoms with van der Waals surface area (Å²) in [6.45, 7) is 7.67. The van der Waals surface area contributed by atoms with Crippen molar-refractivity contribution in [3.63, 3.8) is 0 Å². The highest BCUT2D eigenvalue weighted by Gasteiger charge is 2.04. The Kier molecular flexibility index (Phi) is 12.0. The zero-order chi connectivity index (χ0) is 19.2. The summed E-state index contributed by atoms with van der Waals surface area (Å²) in [6.07, 6.45) is 0. The maximum atomic E-state index is 9.10. The molecule has 8 nitrogen and oxygen atoms in total. The Morgan fingerprint density at radius 2 is 1.64 bits per heavy atom. The molecule has 0 atom stereocenters. The van der Waals surface area contributed by atoms with Gasteiger partial charge in [0.2, 0.25) is 0 Å². The minimum absolute atomic E-state index is 0.187. The first-order valence-corrected chi connectivity index (χ1v) is 7.81. The van der Waals surface area contributed by atoms with Gasteiger partial charge in [0.05, 0.1) is 19.8 Å². The third kappa shape index (κ3) is 11.9. The predicted molar refractivity (Wildman–Crippen MR) is 92.1 cm³/mol. The van der Waals surface area contributed by atoms with E-state index >= 15 is 0 Å². The summed E-state index contributed by atoms with van der Waals surface area (Å²) in [5.41, 5.74) is 2.51. The van der Waals surface area contributed by atoms with Crippen LogP contribution in [0.3, 0.4) is 0 Å². The first-order valence-electron chi connectivity index (χ1n) is 7.81. The number of aliphatic hydroxyl groups excluding tert-OH is 1. The Morgan fingerprint density at radius 1 is 1.00 bits per heavy atom. The van der Waals surface area contributed by atoms with Crippen molar-refractivity contribution in [2.24, 2.45) is 0 Å². The smallest absolute Gasteiger partial charge is 0.414 e. The normalized spacial score (nSPS) is 10.1. The highest BCUT2D eigenvalue weighted by molar-refractivity contribution is 6.27. The predicted octanol–water partition coefficient (Wildman–Crippen LogP) is 0.779. The van der Waals surface area contributed by atoms with Crippen molar-refractivity contribution in [2.45, 2.75) is 13.8 Å². The molecule has 0 aliphatic carbocycles. The Bertz CT molecular complexity index is 522. The summed E-state index contributed by atoms with van der Waals surface area (Å²) in [7, 11) is 1.96. The van der Waals surface area contributed by atoms with E-state index in [2.05, 4.69) is 19.9 Å². The van der Waals surface area contributed by atoms with Gasteiger partial charge in [0, 0.05) is 13.1 Å². The Hall–Kier alpha value is -2.16. The van der Waals surface area contributed by atoms with Crippen LogP contribution in [-0.4, -0.2) is 78.7 Å². The van der Waals surface area contributed by atoms with E-state index in [0.29, 0.717) is 26.4 Å². The van der Waals surface area contributed by atoms with Crippen molar-refractivity contribution in [3.05, 3.63) is 29.3 Å². The number of hydrogen-bond donors (Lipinski definition) is 3. The van der Waals surface area contributed by atoms with Crippen LogP contribution in [0.2, 0.25) is 0 Å². The van der Waals surface area contributed by atoms with Crippen molar-refractivity contribution in [1.82, 2.24) is 4.90 Å². The van der Waals surface area contributed by atoms with Crippen molar-refractivity contribution in [1.29, 1.82) is 0 Å². The minimum atomic E-state index is -1.82. The number of carboxylic acid groups (broad SMARTS) is 2. The first kappa shape index (κ1) is 22.8. The molecule has 0 aromatic heterocycles. The molecule has 3 N–H and O–H groups in total. The van der Waals surface area contributed by atoms with E-state index in [1.54, 1.807) is 0 Å². The maximum Gasteiger partial charge on any atom is 0.414 e. The standard InChI is InChI=1S/C15H25NO3.C2H2O4/c1-13-4-5-15(12-14(13)2)19-11-10-18-9-7-16(3)6-8-17;3-1(4)2(5)6/h4-5,12,17H,6-11H2,1-3H3;(H,3,4)(H,5,6). The SMILES string of the molecule is Cc1ccc(OCCOCCN(C)CCO)cc1C.O=C(O)C(=O)O. The van der Waals surface area contributed by atoms with Gasteiger partial charge in [0.25, 0.3) is 0 Å². The van der Waals surface area contributed by atoms with Crippen LogP contribution < -0.4 is 4.74 Å². The Labute approximate surface area is 147 Å². The average molecular weight is 357 g/mol. The zero-order valence-electron chi connectivity index (χ0n) is 14.9. The molecule has 0 unspecified atom stereocenters. The van der Waals surface area contributed by atoms with Crippen LogP contribution in [0.1, 0.15) is 11.1 Å². The first-order chi connectivity index (χ1) is 11.8. The second-order valence-electron chi connectivity index (χ2n) is 5.34. The Balaban J connectivity index is 0.000000823. The zero-order valence-corrected chi connectivity index (χ0v) is 14.9. The molecule has 25 heavy (non-hydrogen) atoms. The monoisotopic (exact) mass is 357 g/mol. The van der Waals surface area contributed by atoms with Gasteiger partial charge in [-0.05, 0) is 44.2 Å². The summed E-state index contributed by atoms with van der Waals surface area (Å²) in [4.78, 5) is 20.2. The second-order valence-corrected chi connectivity index (χ2v) is 5.34. The van der Waals surface area contributed by atoms with Crippen molar-refractivity contribution < 1.29 is 34.4 Å². The number of aliphatic carboxylic acids is 2. The molecule has 0 bridgehead atoms. The summed E-state index contributed by atoms with van der Waals surface area (Å²) >= 11 is 0. The molecule has 1 aromatic rings. The fourth-order valence-electron chi connectivity index (χ4n) is 1.63. The lowest BCUT2D eigenvalue weighted by Crippen LogP contribution is -2.26. The van der Waals surface area contributed by atoms with E-state index in [1.165, 1.54) is 11.1 Å². The fraction of sp³-hybridized carbons (Fsp3) is 0.529. The molecule has 0 radical (unpaired) electrons. The third-order valence-electron chi connectivity index (χ3n) is 3.26. The van der Waals surface area contributed by atoms with Gasteiger partial charge in [-0.3, -0.25) is 0 Å². The molecule has 0 spiro atoms. The van der Waals surface area contributed by atoms with Crippen LogP contribution in [0, 0.1) is 13.8 Å². The van der Waals surface area contributed by atoms with Gasteiger partial charge >= 0.3 is 11.9 Å². The molecule has 8 heteroatoms. The van der Waals surface area contributed by atoms with Crippen molar-refractivity contribution >= 4 is 11.9 Å². The number of carboxylic acids is 2. The molecule has 0 saturated carbocycles. The van der Waals surface area contributed by atoms with E-state index in [1.807, 2.05) is 24.1 Å². The number of likely N-dealkylation sites (N-methyl/N-ethyl adjacent to an activating group) is 1. The van der Waals surface area contributed by atoms with Crippen molar-refractivity contribution in [3.8, 4) is 5.75 Å². The quantitative estimate of drug-likeness (QED) is 0.438. The van der Waals surface area contributed by atoms with Gasteiger partial charge in [0.15, 0.2) is 0 Å². The molecule has 142 valence electrons. The number of rotatable bonds is 9. The lowest BCUT2D eigenvalue weighted by molar-refractivity contribution is -0.159. The average Bonchev–Trinajstić information content (AvgIpc) is 2.54. The van der Waals surface area contributed by atoms with E-state index in [-0.39, 0.29) is 6.61 Å². The van der Waals surface area contributed by atoms with Crippen molar-refractivity contribution in [2.75, 3.05) is 46.6 Å². The van der Waals surface area contributed by atoms with Crippen LogP contribution >= 0.6 is 0 Å². The number of nitrogens with zero attached hydrogens (tertiary/aromatic N) is 1. The molecule has 0 amide bonds. The Morgan fingerprint density at radius 3 is 2.16 bits per heavy atom. The summed E-state index contributed by atoms with van der Waals surface area (Å²) in [5.74, 6) is -2.76. The molecule has 0 heterocycles. The number of aliphatic hydroxyl groups is 1. The number of hydrogen-bond acceptors (Lipinski definition) is 6. The van der Waals surface area contributed by atoms with Crippen LogP contribution in [0.25, 0.3) is 0 Å². The van der Waals surface area contributed by atoms with Crippen LogP contribution in [-0.2, 0) is 14.3 Å². The van der Waals surface area contributed by atoms with Crippen LogP contribution in [0.5, 0.6) is 5.75 Å². The number of carbonyl (C=O) groups is 2. The fourth-order valence-corrected chi connectivity index (χ4v) is 1.63. The molecular formula is C17H27NO7. The highest BCUT2D eigenvalue weighted by Crippen LogP contribution is 2.16. The number of benzene rings is 1. The lowest BCUT2D eigenvalue weighted by atomic mass is 10.1. The van der Waals surface area contributed by atoms with Gasteiger partial charge in [-0.2, -0.15) is 0 Å². The van der Waals surface area contributed by atoms with Gasteiger partial charge in [-0.15, -0.1) is 0 Å². The molecule has 1 aromatic carbocycles. The minimum Gasteiger partial charge on any atom is -0.491 e. The third-order valence-corrected chi connectivity index (χ3v) is 3.26. The number of ether oxygens (including phenoxy) is 2. The van der Waals surface area contributed by atoms with E-state index < -0.39 is 11.9 Å². The summed E-state index contributed by atoms with van der Waals surface area (Å²) < 4.78 is 11.1. The molecular weight excluding hydrogens is 330 g/mol. The van der Waals surface area contributed by atoms with Gasteiger partial charge in [-0.1, -0.05) is 6.07 Å². The van der Waals surface area contributed by atoms with Gasteiger partial charge in [0.1, 0.15) is 12.4 Å². The van der Waals surface area contributed by atoms with E-state index in [9.17, 15) is 0 Å². The lowest BCUT2D eigenvalue weighted by Gasteiger charge is -2.15. The molecule has 1 rings (SSSR count). The van der Waals surface area contributed by atoms with Crippen LogP contribution in [0.4, 0.5) is 0 Å². The second kappa shape index (κ2) is 13.2. The highest BCUT2D eigenvalue weighted by atomic mass is 16.5. The summed E-state index contributed by atoms with van der Waals surface area (Å²) in [6, 6.07) is 6.09. The van der Waals surface area contributed by atoms with E-state index in [4.69, 9.17) is 34.4 Å².